The Morgan fingerprint density at radius 1 is 1.08 bits per heavy atom. The van der Waals surface area contributed by atoms with Gasteiger partial charge in [0, 0.05) is 6.42 Å². The van der Waals surface area contributed by atoms with E-state index in [1.54, 1.807) is 12.1 Å². The minimum absolute atomic E-state index is 0.0193. The molecule has 1 N–H and O–H groups in total. The van der Waals surface area contributed by atoms with E-state index in [1.165, 1.54) is 43.5 Å². The molecule has 0 aromatic heterocycles. The minimum atomic E-state index is -1.00. The van der Waals surface area contributed by atoms with Crippen LogP contribution in [-0.4, -0.2) is 25.0 Å². The van der Waals surface area contributed by atoms with Gasteiger partial charge in [-0.15, -0.1) is 0 Å². The van der Waals surface area contributed by atoms with Gasteiger partial charge in [-0.1, -0.05) is 30.3 Å². The summed E-state index contributed by atoms with van der Waals surface area (Å²) in [6.45, 7) is 0. The van der Waals surface area contributed by atoms with E-state index >= 15 is 0 Å². The number of rotatable bonds is 6. The summed E-state index contributed by atoms with van der Waals surface area (Å²) in [6.07, 6.45) is -0.0421. The highest BCUT2D eigenvalue weighted by atomic mass is 19.1. The van der Waals surface area contributed by atoms with Crippen molar-refractivity contribution in [2.24, 2.45) is 0 Å². The molecule has 1 atom stereocenters. The molecule has 0 aliphatic carbocycles. The number of ether oxygens (including phenoxy) is 1. The van der Waals surface area contributed by atoms with Crippen LogP contribution in [0.2, 0.25) is 0 Å². The zero-order chi connectivity index (χ0) is 17.5. The van der Waals surface area contributed by atoms with E-state index in [-0.39, 0.29) is 12.8 Å². The van der Waals surface area contributed by atoms with Gasteiger partial charge < -0.3 is 10.1 Å². The molecule has 1 amide bonds. The number of hydrogen-bond donors (Lipinski definition) is 1. The minimum Gasteiger partial charge on any atom is -0.467 e. The van der Waals surface area contributed by atoms with Gasteiger partial charge in [-0.25, -0.2) is 13.6 Å². The Morgan fingerprint density at radius 2 is 1.75 bits per heavy atom. The second-order valence-corrected chi connectivity index (χ2v) is 5.24. The predicted molar refractivity (Wildman–Crippen MR) is 84.2 cm³/mol. The maximum Gasteiger partial charge on any atom is 0.328 e. The zero-order valence-corrected chi connectivity index (χ0v) is 13.1. The maximum atomic E-state index is 13.7. The first-order valence-corrected chi connectivity index (χ1v) is 7.34. The van der Waals surface area contributed by atoms with Crippen LogP contribution in [0, 0.1) is 11.6 Å². The van der Waals surface area contributed by atoms with E-state index in [4.69, 9.17) is 0 Å². The largest absolute Gasteiger partial charge is 0.467 e. The molecule has 6 heteroatoms. The van der Waals surface area contributed by atoms with Crippen molar-refractivity contribution >= 4 is 11.9 Å². The van der Waals surface area contributed by atoms with Crippen molar-refractivity contribution in [1.29, 1.82) is 0 Å². The van der Waals surface area contributed by atoms with Crippen LogP contribution in [0.15, 0.2) is 48.5 Å². The number of esters is 1. The Kier molecular flexibility index (Phi) is 6.01. The number of methoxy groups -OCH3 is 1. The summed E-state index contributed by atoms with van der Waals surface area (Å²) in [5.41, 5.74) is 0.901. The van der Waals surface area contributed by atoms with E-state index in [0.29, 0.717) is 11.1 Å². The molecule has 0 radical (unpaired) electrons. The molecular weight excluding hydrogens is 316 g/mol. The average molecular weight is 333 g/mol. The van der Waals surface area contributed by atoms with Crippen molar-refractivity contribution in [3.8, 4) is 0 Å². The first-order chi connectivity index (χ1) is 11.5. The smallest absolute Gasteiger partial charge is 0.328 e. The monoisotopic (exact) mass is 333 g/mol. The predicted octanol–water partition coefficient (Wildman–Crippen LogP) is 2.41. The first kappa shape index (κ1) is 17.6. The number of amides is 1. The first-order valence-electron chi connectivity index (χ1n) is 7.34. The summed E-state index contributed by atoms with van der Waals surface area (Å²) in [5, 5.41) is 2.53. The highest BCUT2D eigenvalue weighted by molar-refractivity contribution is 5.85. The van der Waals surface area contributed by atoms with Crippen molar-refractivity contribution in [1.82, 2.24) is 5.32 Å². The lowest BCUT2D eigenvalue weighted by Gasteiger charge is -2.17. The van der Waals surface area contributed by atoms with E-state index in [1.807, 2.05) is 0 Å². The summed E-state index contributed by atoms with van der Waals surface area (Å²) in [6, 6.07) is 10.5. The standard InChI is InChI=1S/C18H17F2NO3/c1-24-18(23)16(11-13-4-2-3-5-15(13)20)21-17(22)10-12-6-8-14(19)9-7-12/h2-9,16H,10-11H2,1H3,(H,21,22)/t16-/m1/s1. The highest BCUT2D eigenvalue weighted by Gasteiger charge is 2.23. The molecule has 2 aromatic carbocycles. The average Bonchev–Trinajstić information content (AvgIpc) is 2.57. The van der Waals surface area contributed by atoms with E-state index < -0.39 is 29.6 Å². The van der Waals surface area contributed by atoms with Gasteiger partial charge in [-0.05, 0) is 29.3 Å². The SMILES string of the molecule is COC(=O)[C@@H](Cc1ccccc1F)NC(=O)Cc1ccc(F)cc1. The van der Waals surface area contributed by atoms with Gasteiger partial charge in [-0.3, -0.25) is 4.79 Å². The van der Waals surface area contributed by atoms with E-state index in [9.17, 15) is 18.4 Å². The third-order valence-electron chi connectivity index (χ3n) is 3.48. The van der Waals surface area contributed by atoms with Crippen molar-refractivity contribution in [2.75, 3.05) is 7.11 Å². The Hall–Kier alpha value is -2.76. The number of carbonyl (C=O) groups is 2. The second-order valence-electron chi connectivity index (χ2n) is 5.24. The number of nitrogens with one attached hydrogen (secondary N) is 1. The molecule has 24 heavy (non-hydrogen) atoms. The fourth-order valence-corrected chi connectivity index (χ4v) is 2.25. The normalized spacial score (nSPS) is 11.6. The highest BCUT2D eigenvalue weighted by Crippen LogP contribution is 2.10. The van der Waals surface area contributed by atoms with E-state index in [0.717, 1.165) is 0 Å². The fourth-order valence-electron chi connectivity index (χ4n) is 2.25. The molecule has 0 aliphatic rings. The zero-order valence-electron chi connectivity index (χ0n) is 13.1. The number of halogens is 2. The third-order valence-corrected chi connectivity index (χ3v) is 3.48. The Labute approximate surface area is 138 Å². The number of carbonyl (C=O) groups excluding carboxylic acids is 2. The van der Waals surface area contributed by atoms with Crippen LogP contribution in [0.5, 0.6) is 0 Å². The van der Waals surface area contributed by atoms with Gasteiger partial charge >= 0.3 is 5.97 Å². The second kappa shape index (κ2) is 8.19. The summed E-state index contributed by atoms with van der Waals surface area (Å²) in [4.78, 5) is 23.9. The van der Waals surface area contributed by atoms with Crippen LogP contribution in [0.1, 0.15) is 11.1 Å². The van der Waals surface area contributed by atoms with Crippen LogP contribution < -0.4 is 5.32 Å². The van der Waals surface area contributed by atoms with Crippen LogP contribution in [0.4, 0.5) is 8.78 Å². The molecule has 126 valence electrons. The van der Waals surface area contributed by atoms with Crippen molar-refractivity contribution in [3.63, 3.8) is 0 Å². The summed E-state index contributed by atoms with van der Waals surface area (Å²) in [5.74, 6) is -1.95. The molecule has 0 saturated heterocycles. The quantitative estimate of drug-likeness (QED) is 0.826. The van der Waals surface area contributed by atoms with Crippen molar-refractivity contribution in [2.45, 2.75) is 18.9 Å². The molecule has 2 aromatic rings. The molecule has 0 bridgehead atoms. The van der Waals surface area contributed by atoms with Crippen molar-refractivity contribution in [3.05, 3.63) is 71.3 Å². The fraction of sp³-hybridized carbons (Fsp3) is 0.222. The van der Waals surface area contributed by atoms with Gasteiger partial charge in [0.25, 0.3) is 0 Å². The van der Waals surface area contributed by atoms with Crippen molar-refractivity contribution < 1.29 is 23.1 Å². The molecule has 0 saturated carbocycles. The molecule has 4 nitrogen and oxygen atoms in total. The van der Waals surface area contributed by atoms with Gasteiger partial charge in [-0.2, -0.15) is 0 Å². The molecule has 2 rings (SSSR count). The number of hydrogen-bond acceptors (Lipinski definition) is 3. The van der Waals surface area contributed by atoms with Crippen LogP contribution in [-0.2, 0) is 27.2 Å². The van der Waals surface area contributed by atoms with Crippen LogP contribution in [0.3, 0.4) is 0 Å². The van der Waals surface area contributed by atoms with E-state index in [2.05, 4.69) is 10.1 Å². The lowest BCUT2D eigenvalue weighted by atomic mass is 10.0. The summed E-state index contributed by atoms with van der Waals surface area (Å²) in [7, 11) is 1.20. The van der Waals surface area contributed by atoms with Gasteiger partial charge in [0.05, 0.1) is 13.5 Å². The van der Waals surface area contributed by atoms with Gasteiger partial charge in [0.2, 0.25) is 5.91 Å². The third kappa shape index (κ3) is 4.87. The van der Waals surface area contributed by atoms with Gasteiger partial charge in [0.1, 0.15) is 17.7 Å². The summed E-state index contributed by atoms with van der Waals surface area (Å²) >= 11 is 0. The Balaban J connectivity index is 2.05. The lowest BCUT2D eigenvalue weighted by molar-refractivity contribution is -0.145. The molecule has 0 unspecified atom stereocenters. The van der Waals surface area contributed by atoms with Crippen LogP contribution in [0.25, 0.3) is 0 Å². The summed E-state index contributed by atoms with van der Waals surface area (Å²) < 4.78 is 31.3. The Bertz CT molecular complexity index is 716. The lowest BCUT2D eigenvalue weighted by Crippen LogP contribution is -2.43. The molecule has 0 aliphatic heterocycles. The van der Waals surface area contributed by atoms with Crippen LogP contribution >= 0.6 is 0 Å². The topological polar surface area (TPSA) is 55.4 Å². The molecule has 0 spiro atoms. The number of benzene rings is 2. The molecular formula is C18H17F2NO3. The maximum absolute atomic E-state index is 13.7. The molecule has 0 fully saturated rings. The molecule has 0 heterocycles. The Morgan fingerprint density at radius 3 is 2.38 bits per heavy atom. The van der Waals surface area contributed by atoms with Gasteiger partial charge in [0.15, 0.2) is 0 Å².